The summed E-state index contributed by atoms with van der Waals surface area (Å²) < 4.78 is 11.8. The number of nitrogens with one attached hydrogen (secondary N) is 1. The van der Waals surface area contributed by atoms with Crippen molar-refractivity contribution in [1.82, 2.24) is 0 Å². The van der Waals surface area contributed by atoms with Crippen LogP contribution in [0.15, 0.2) is 34.8 Å². The van der Waals surface area contributed by atoms with Gasteiger partial charge in [-0.1, -0.05) is 35.3 Å². The highest BCUT2D eigenvalue weighted by molar-refractivity contribution is 9.10. The van der Waals surface area contributed by atoms with E-state index < -0.39 is 0 Å². The first-order chi connectivity index (χ1) is 11.5. The van der Waals surface area contributed by atoms with Crippen molar-refractivity contribution in [1.29, 1.82) is 0 Å². The van der Waals surface area contributed by atoms with Crippen molar-refractivity contribution >= 4 is 50.7 Å². The lowest BCUT2D eigenvalue weighted by atomic mass is 10.1. The Labute approximate surface area is 158 Å². The number of halogens is 3. The Morgan fingerprint density at radius 2 is 1.88 bits per heavy atom. The van der Waals surface area contributed by atoms with E-state index in [0.29, 0.717) is 53.3 Å². The monoisotopic (exact) mass is 429 g/mol. The van der Waals surface area contributed by atoms with Gasteiger partial charge in [0.1, 0.15) is 13.2 Å². The van der Waals surface area contributed by atoms with Gasteiger partial charge in [-0.3, -0.25) is 4.79 Å². The number of hydrogen-bond donors (Lipinski definition) is 1. The van der Waals surface area contributed by atoms with Gasteiger partial charge in [-0.25, -0.2) is 0 Å². The molecule has 3 rings (SSSR count). The number of carbonyl (C=O) groups is 1. The summed E-state index contributed by atoms with van der Waals surface area (Å²) in [5, 5.41) is 3.85. The Morgan fingerprint density at radius 3 is 2.62 bits per heavy atom. The van der Waals surface area contributed by atoms with Crippen molar-refractivity contribution in [2.45, 2.75) is 12.8 Å². The first kappa shape index (κ1) is 17.4. The lowest BCUT2D eigenvalue weighted by molar-refractivity contribution is -0.116. The summed E-state index contributed by atoms with van der Waals surface area (Å²) in [7, 11) is 0. The minimum Gasteiger partial charge on any atom is -0.486 e. The molecule has 1 aliphatic rings. The van der Waals surface area contributed by atoms with Crippen LogP contribution in [0.2, 0.25) is 10.0 Å². The van der Waals surface area contributed by atoms with Crippen LogP contribution in [0, 0.1) is 0 Å². The third-order valence-electron chi connectivity index (χ3n) is 3.56. The van der Waals surface area contributed by atoms with E-state index in [1.165, 1.54) is 0 Å². The Morgan fingerprint density at radius 1 is 1.17 bits per heavy atom. The van der Waals surface area contributed by atoms with Gasteiger partial charge < -0.3 is 14.8 Å². The molecule has 1 N–H and O–H groups in total. The van der Waals surface area contributed by atoms with Crippen LogP contribution in [0.1, 0.15) is 12.0 Å². The quantitative estimate of drug-likeness (QED) is 0.733. The summed E-state index contributed by atoms with van der Waals surface area (Å²) >= 11 is 15.6. The molecule has 1 amide bonds. The van der Waals surface area contributed by atoms with Crippen LogP contribution < -0.4 is 14.8 Å². The van der Waals surface area contributed by atoms with Gasteiger partial charge in [-0.2, -0.15) is 0 Å². The van der Waals surface area contributed by atoms with Gasteiger partial charge in [-0.15, -0.1) is 0 Å². The molecule has 0 aliphatic carbocycles. The van der Waals surface area contributed by atoms with Crippen molar-refractivity contribution in [2.24, 2.45) is 0 Å². The van der Waals surface area contributed by atoms with E-state index >= 15 is 0 Å². The zero-order valence-corrected chi connectivity index (χ0v) is 15.7. The van der Waals surface area contributed by atoms with Crippen LogP contribution in [0.25, 0.3) is 0 Å². The Hall–Kier alpha value is -1.43. The Balaban J connectivity index is 1.66. The molecule has 2 aromatic carbocycles. The molecule has 1 heterocycles. The molecule has 2 aromatic rings. The third kappa shape index (κ3) is 3.97. The molecular formula is C17H14BrCl2NO3. The predicted molar refractivity (Wildman–Crippen MR) is 98.5 cm³/mol. The average molecular weight is 431 g/mol. The van der Waals surface area contributed by atoms with Gasteiger partial charge in [0, 0.05) is 23.0 Å². The number of rotatable bonds is 4. The maximum absolute atomic E-state index is 12.2. The van der Waals surface area contributed by atoms with E-state index in [1.807, 2.05) is 12.1 Å². The van der Waals surface area contributed by atoms with Crippen molar-refractivity contribution < 1.29 is 14.3 Å². The maximum atomic E-state index is 12.2. The van der Waals surface area contributed by atoms with E-state index in [1.54, 1.807) is 18.2 Å². The topological polar surface area (TPSA) is 47.6 Å². The molecule has 7 heteroatoms. The second-order valence-corrected chi connectivity index (χ2v) is 6.88. The SMILES string of the molecule is O=C(CCc1cccc(Cl)c1Cl)Nc1cc2c(cc1Br)OCCO2. The third-order valence-corrected chi connectivity index (χ3v) is 5.07. The number of anilines is 1. The summed E-state index contributed by atoms with van der Waals surface area (Å²) in [6, 6.07) is 8.95. The minimum atomic E-state index is -0.122. The lowest BCUT2D eigenvalue weighted by Gasteiger charge is -2.20. The van der Waals surface area contributed by atoms with E-state index in [0.717, 1.165) is 10.0 Å². The molecule has 0 saturated heterocycles. The highest BCUT2D eigenvalue weighted by atomic mass is 79.9. The fourth-order valence-electron chi connectivity index (χ4n) is 2.36. The average Bonchev–Trinajstić information content (AvgIpc) is 2.57. The first-order valence-electron chi connectivity index (χ1n) is 7.36. The van der Waals surface area contributed by atoms with E-state index in [9.17, 15) is 4.79 Å². The minimum absolute atomic E-state index is 0.122. The fourth-order valence-corrected chi connectivity index (χ4v) is 3.20. The van der Waals surface area contributed by atoms with Gasteiger partial charge in [0.05, 0.1) is 15.7 Å². The molecule has 0 radical (unpaired) electrons. The first-order valence-corrected chi connectivity index (χ1v) is 8.91. The molecule has 4 nitrogen and oxygen atoms in total. The molecule has 1 aliphatic heterocycles. The molecule has 0 spiro atoms. The fraction of sp³-hybridized carbons (Fsp3) is 0.235. The van der Waals surface area contributed by atoms with Gasteiger partial charge in [0.2, 0.25) is 5.91 Å². The summed E-state index contributed by atoms with van der Waals surface area (Å²) in [4.78, 5) is 12.2. The number of hydrogen-bond acceptors (Lipinski definition) is 3. The molecule has 0 fully saturated rings. The van der Waals surface area contributed by atoms with Crippen LogP contribution >= 0.6 is 39.1 Å². The van der Waals surface area contributed by atoms with Gasteiger partial charge in [0.15, 0.2) is 11.5 Å². The highest BCUT2D eigenvalue weighted by Gasteiger charge is 2.16. The summed E-state index contributed by atoms with van der Waals surface area (Å²) in [6.45, 7) is 1.01. The van der Waals surface area contributed by atoms with Crippen LogP contribution in [-0.4, -0.2) is 19.1 Å². The molecule has 126 valence electrons. The number of amides is 1. The summed E-state index contributed by atoms with van der Waals surface area (Å²) in [5.74, 6) is 1.16. The zero-order chi connectivity index (χ0) is 17.1. The maximum Gasteiger partial charge on any atom is 0.224 e. The number of ether oxygens (including phenoxy) is 2. The highest BCUT2D eigenvalue weighted by Crippen LogP contribution is 2.38. The molecule has 0 unspecified atom stereocenters. The standard InChI is InChI=1S/C17H14BrCl2NO3/c18-11-8-14-15(24-7-6-23-14)9-13(11)21-16(22)5-4-10-2-1-3-12(19)17(10)20/h1-3,8-9H,4-7H2,(H,21,22). The van der Waals surface area contributed by atoms with Gasteiger partial charge in [-0.05, 0) is 34.0 Å². The van der Waals surface area contributed by atoms with Crippen LogP contribution in [0.4, 0.5) is 5.69 Å². The normalized spacial score (nSPS) is 12.8. The van der Waals surface area contributed by atoms with Crippen LogP contribution in [-0.2, 0) is 11.2 Å². The molecule has 24 heavy (non-hydrogen) atoms. The molecule has 0 saturated carbocycles. The van der Waals surface area contributed by atoms with Crippen molar-refractivity contribution in [3.8, 4) is 11.5 Å². The molecular weight excluding hydrogens is 417 g/mol. The molecule has 0 atom stereocenters. The van der Waals surface area contributed by atoms with Gasteiger partial charge >= 0.3 is 0 Å². The summed E-state index contributed by atoms with van der Waals surface area (Å²) in [6.07, 6.45) is 0.800. The predicted octanol–water partition coefficient (Wildman–Crippen LogP) is 5.10. The van der Waals surface area contributed by atoms with Gasteiger partial charge in [0.25, 0.3) is 0 Å². The second-order valence-electron chi connectivity index (χ2n) is 5.24. The van der Waals surface area contributed by atoms with Crippen molar-refractivity contribution in [3.63, 3.8) is 0 Å². The summed E-state index contributed by atoms with van der Waals surface area (Å²) in [5.41, 5.74) is 1.49. The molecule has 0 aromatic heterocycles. The van der Waals surface area contributed by atoms with Crippen LogP contribution in [0.5, 0.6) is 11.5 Å². The molecule has 0 bridgehead atoms. The Bertz CT molecular complexity index is 783. The number of fused-ring (bicyclic) bond motifs is 1. The van der Waals surface area contributed by atoms with Crippen molar-refractivity contribution in [2.75, 3.05) is 18.5 Å². The number of carbonyl (C=O) groups excluding carboxylic acids is 1. The van der Waals surface area contributed by atoms with Crippen LogP contribution in [0.3, 0.4) is 0 Å². The Kier molecular flexibility index (Phi) is 5.54. The zero-order valence-electron chi connectivity index (χ0n) is 12.6. The van der Waals surface area contributed by atoms with E-state index in [4.69, 9.17) is 32.7 Å². The van der Waals surface area contributed by atoms with E-state index in [-0.39, 0.29) is 5.91 Å². The number of benzene rings is 2. The van der Waals surface area contributed by atoms with Crippen molar-refractivity contribution in [3.05, 3.63) is 50.4 Å². The largest absolute Gasteiger partial charge is 0.486 e. The smallest absolute Gasteiger partial charge is 0.224 e. The second kappa shape index (κ2) is 7.64. The lowest BCUT2D eigenvalue weighted by Crippen LogP contribution is -2.17. The number of aryl methyl sites for hydroxylation is 1. The van der Waals surface area contributed by atoms with E-state index in [2.05, 4.69) is 21.2 Å².